The molecule has 0 aromatic heterocycles. The summed E-state index contributed by atoms with van der Waals surface area (Å²) in [4.78, 5) is 11.8. The van der Waals surface area contributed by atoms with E-state index >= 15 is 0 Å². The highest BCUT2D eigenvalue weighted by Gasteiger charge is 2.26. The summed E-state index contributed by atoms with van der Waals surface area (Å²) in [6, 6.07) is -0.0667. The maximum absolute atomic E-state index is 11.8. The Morgan fingerprint density at radius 1 is 1.29 bits per heavy atom. The fraction of sp³-hybridized carbons (Fsp3) is 0.923. The van der Waals surface area contributed by atoms with Crippen LogP contribution in [-0.4, -0.2) is 29.3 Å². The highest BCUT2D eigenvalue weighted by Crippen LogP contribution is 2.19. The third-order valence-corrected chi connectivity index (χ3v) is 3.51. The van der Waals surface area contributed by atoms with E-state index in [9.17, 15) is 4.79 Å². The molecule has 0 saturated carbocycles. The zero-order valence-corrected chi connectivity index (χ0v) is 12.1. The molecule has 0 rings (SSSR count). The van der Waals surface area contributed by atoms with Gasteiger partial charge in [0.25, 0.3) is 0 Å². The number of urea groups is 1. The van der Waals surface area contributed by atoms with Crippen LogP contribution in [0.2, 0.25) is 0 Å². The van der Waals surface area contributed by atoms with Gasteiger partial charge in [-0.15, -0.1) is 0 Å². The summed E-state index contributed by atoms with van der Waals surface area (Å²) >= 11 is 0. The summed E-state index contributed by atoms with van der Waals surface area (Å²) in [5.74, 6) is 0. The zero-order valence-electron chi connectivity index (χ0n) is 12.1. The molecular formula is C13H28N2O2. The topological polar surface area (TPSA) is 61.4 Å². The molecule has 0 saturated heterocycles. The van der Waals surface area contributed by atoms with Crippen molar-refractivity contribution < 1.29 is 9.90 Å². The maximum Gasteiger partial charge on any atom is 0.315 e. The van der Waals surface area contributed by atoms with Gasteiger partial charge in [-0.25, -0.2) is 4.79 Å². The van der Waals surface area contributed by atoms with Crippen LogP contribution in [0, 0.1) is 5.41 Å². The van der Waals surface area contributed by atoms with Crippen molar-refractivity contribution in [3.8, 4) is 0 Å². The van der Waals surface area contributed by atoms with Gasteiger partial charge in [-0.05, 0) is 32.1 Å². The number of aliphatic hydroxyl groups is 1. The minimum atomic E-state index is -0.337. The molecule has 0 bridgehead atoms. The molecule has 3 N–H and O–H groups in total. The summed E-state index contributed by atoms with van der Waals surface area (Å²) in [6.45, 7) is 12.3. The smallest absolute Gasteiger partial charge is 0.315 e. The standard InChI is InChI=1S/C13H28N2O2/c1-7-13(6,8-9-16)15-11(17)14-10(2)12(3,4)5/h10,16H,7-9H2,1-6H3,(H2,14,15,17). The zero-order chi connectivity index (χ0) is 13.7. The van der Waals surface area contributed by atoms with Gasteiger partial charge in [0.15, 0.2) is 0 Å². The predicted octanol–water partition coefficient (Wildman–Crippen LogP) is 2.27. The number of aliphatic hydroxyl groups excluding tert-OH is 1. The van der Waals surface area contributed by atoms with Gasteiger partial charge < -0.3 is 15.7 Å². The van der Waals surface area contributed by atoms with Crippen LogP contribution in [0.1, 0.15) is 54.4 Å². The van der Waals surface area contributed by atoms with Crippen LogP contribution in [0.5, 0.6) is 0 Å². The van der Waals surface area contributed by atoms with Gasteiger partial charge in [0.05, 0.1) is 0 Å². The van der Waals surface area contributed by atoms with Gasteiger partial charge in [-0.2, -0.15) is 0 Å². The number of carbonyl (C=O) groups excluding carboxylic acids is 1. The van der Waals surface area contributed by atoms with E-state index < -0.39 is 0 Å². The molecule has 2 atom stereocenters. The van der Waals surface area contributed by atoms with Crippen molar-refractivity contribution in [1.29, 1.82) is 0 Å². The first kappa shape index (κ1) is 16.2. The van der Waals surface area contributed by atoms with Crippen LogP contribution in [0.15, 0.2) is 0 Å². The van der Waals surface area contributed by atoms with Crippen LogP contribution in [0.3, 0.4) is 0 Å². The van der Waals surface area contributed by atoms with Crippen molar-refractivity contribution in [2.24, 2.45) is 5.41 Å². The Morgan fingerprint density at radius 3 is 2.18 bits per heavy atom. The first-order valence-electron chi connectivity index (χ1n) is 6.34. The minimum absolute atomic E-state index is 0.0386. The van der Waals surface area contributed by atoms with Crippen molar-refractivity contribution in [2.45, 2.75) is 66.0 Å². The number of hydrogen-bond donors (Lipinski definition) is 3. The van der Waals surface area contributed by atoms with E-state index in [4.69, 9.17) is 5.11 Å². The summed E-state index contributed by atoms with van der Waals surface area (Å²) in [5.41, 5.74) is -0.298. The first-order chi connectivity index (χ1) is 7.64. The second kappa shape index (κ2) is 6.24. The lowest BCUT2D eigenvalue weighted by molar-refractivity contribution is 0.191. The molecule has 0 aliphatic rings. The third-order valence-electron chi connectivity index (χ3n) is 3.51. The molecule has 4 nitrogen and oxygen atoms in total. The van der Waals surface area contributed by atoms with E-state index in [2.05, 4.69) is 31.4 Å². The minimum Gasteiger partial charge on any atom is -0.396 e. The van der Waals surface area contributed by atoms with E-state index in [0.717, 1.165) is 6.42 Å². The van der Waals surface area contributed by atoms with Crippen LogP contribution < -0.4 is 10.6 Å². The molecule has 0 aromatic carbocycles. The predicted molar refractivity (Wildman–Crippen MR) is 71.0 cm³/mol. The Hall–Kier alpha value is -0.770. The molecule has 2 amide bonds. The highest BCUT2D eigenvalue weighted by molar-refractivity contribution is 5.75. The molecule has 2 unspecified atom stereocenters. The average Bonchev–Trinajstić information content (AvgIpc) is 2.16. The van der Waals surface area contributed by atoms with Crippen molar-refractivity contribution in [2.75, 3.05) is 6.61 Å². The lowest BCUT2D eigenvalue weighted by Gasteiger charge is -2.32. The second-order valence-electron chi connectivity index (χ2n) is 6.07. The maximum atomic E-state index is 11.8. The van der Waals surface area contributed by atoms with E-state index in [-0.39, 0.29) is 29.6 Å². The van der Waals surface area contributed by atoms with Crippen LogP contribution >= 0.6 is 0 Å². The molecule has 4 heteroatoms. The Labute approximate surface area is 105 Å². The van der Waals surface area contributed by atoms with Crippen molar-refractivity contribution in [1.82, 2.24) is 10.6 Å². The van der Waals surface area contributed by atoms with Gasteiger partial charge in [0.1, 0.15) is 0 Å². The average molecular weight is 244 g/mol. The Kier molecular flexibility index (Phi) is 5.96. The summed E-state index contributed by atoms with van der Waals surface area (Å²) in [5, 5.41) is 14.9. The number of rotatable bonds is 5. The van der Waals surface area contributed by atoms with E-state index in [1.54, 1.807) is 0 Å². The summed E-state index contributed by atoms with van der Waals surface area (Å²) in [6.07, 6.45) is 1.37. The number of nitrogens with one attached hydrogen (secondary N) is 2. The van der Waals surface area contributed by atoms with Gasteiger partial charge >= 0.3 is 6.03 Å². The third kappa shape index (κ3) is 5.91. The lowest BCUT2D eigenvalue weighted by Crippen LogP contribution is -2.54. The van der Waals surface area contributed by atoms with Gasteiger partial charge in [-0.1, -0.05) is 27.7 Å². The van der Waals surface area contributed by atoms with E-state index in [1.807, 2.05) is 20.8 Å². The van der Waals surface area contributed by atoms with Gasteiger partial charge in [-0.3, -0.25) is 0 Å². The fourth-order valence-corrected chi connectivity index (χ4v) is 1.30. The molecule has 0 spiro atoms. The molecule has 0 fully saturated rings. The molecule has 17 heavy (non-hydrogen) atoms. The van der Waals surface area contributed by atoms with Crippen LogP contribution in [0.25, 0.3) is 0 Å². The van der Waals surface area contributed by atoms with E-state index in [0.29, 0.717) is 6.42 Å². The second-order valence-corrected chi connectivity index (χ2v) is 6.07. The monoisotopic (exact) mass is 244 g/mol. The van der Waals surface area contributed by atoms with Crippen LogP contribution in [0.4, 0.5) is 4.79 Å². The van der Waals surface area contributed by atoms with Crippen molar-refractivity contribution >= 4 is 6.03 Å². The number of amides is 2. The fourth-order valence-electron chi connectivity index (χ4n) is 1.30. The van der Waals surface area contributed by atoms with E-state index in [1.165, 1.54) is 0 Å². The summed E-state index contributed by atoms with van der Waals surface area (Å²) < 4.78 is 0. The Balaban J connectivity index is 4.35. The molecule has 0 radical (unpaired) electrons. The van der Waals surface area contributed by atoms with Gasteiger partial charge in [0.2, 0.25) is 0 Å². The SMILES string of the molecule is CCC(C)(CCO)NC(=O)NC(C)C(C)(C)C. The molecule has 0 heterocycles. The largest absolute Gasteiger partial charge is 0.396 e. The molecule has 102 valence electrons. The number of carbonyl (C=O) groups is 1. The normalized spacial score (nSPS) is 17.1. The highest BCUT2D eigenvalue weighted by atomic mass is 16.3. The lowest BCUT2D eigenvalue weighted by atomic mass is 9.88. The number of hydrogen-bond acceptors (Lipinski definition) is 2. The molecular weight excluding hydrogens is 216 g/mol. The van der Waals surface area contributed by atoms with Crippen molar-refractivity contribution in [3.05, 3.63) is 0 Å². The van der Waals surface area contributed by atoms with Gasteiger partial charge in [0, 0.05) is 18.2 Å². The molecule has 0 aromatic rings. The van der Waals surface area contributed by atoms with Crippen LogP contribution in [-0.2, 0) is 0 Å². The first-order valence-corrected chi connectivity index (χ1v) is 6.34. The Morgan fingerprint density at radius 2 is 1.82 bits per heavy atom. The quantitative estimate of drug-likeness (QED) is 0.695. The Bertz CT molecular complexity index is 248. The molecule has 0 aliphatic heterocycles. The summed E-state index contributed by atoms with van der Waals surface area (Å²) in [7, 11) is 0. The molecule has 0 aliphatic carbocycles. The van der Waals surface area contributed by atoms with Crippen molar-refractivity contribution in [3.63, 3.8) is 0 Å².